The topological polar surface area (TPSA) is 26.3 Å². The highest BCUT2D eigenvalue weighted by atomic mass is 35.5. The van der Waals surface area contributed by atoms with Crippen LogP contribution >= 0.6 is 34.8 Å². The second-order valence-corrected chi connectivity index (χ2v) is 4.45. The van der Waals surface area contributed by atoms with Crippen molar-refractivity contribution >= 4 is 40.6 Å². The van der Waals surface area contributed by atoms with Crippen molar-refractivity contribution in [3.05, 3.63) is 27.7 Å². The number of benzene rings is 1. The molecule has 1 unspecified atom stereocenters. The Bertz CT molecular complexity index is 388. The SMILES string of the molecule is COc1c(Cl)cc(Cl)cc1C(=O)C(C)Cl. The molecule has 0 saturated heterocycles. The summed E-state index contributed by atoms with van der Waals surface area (Å²) in [5.74, 6) is 0.0384. The van der Waals surface area contributed by atoms with Crippen LogP contribution in [-0.2, 0) is 0 Å². The van der Waals surface area contributed by atoms with Crippen LogP contribution < -0.4 is 4.74 Å². The summed E-state index contributed by atoms with van der Waals surface area (Å²) in [6, 6.07) is 3.01. The number of carbonyl (C=O) groups excluding carboxylic acids is 1. The van der Waals surface area contributed by atoms with Crippen LogP contribution in [-0.4, -0.2) is 18.3 Å². The van der Waals surface area contributed by atoms with Gasteiger partial charge in [0.05, 0.1) is 23.1 Å². The molecule has 0 radical (unpaired) electrons. The fourth-order valence-corrected chi connectivity index (χ4v) is 1.85. The molecule has 1 aromatic rings. The Morgan fingerprint density at radius 2 is 2.00 bits per heavy atom. The van der Waals surface area contributed by atoms with Gasteiger partial charge < -0.3 is 4.74 Å². The number of halogens is 3. The second kappa shape index (κ2) is 5.06. The van der Waals surface area contributed by atoms with Crippen LogP contribution in [0.2, 0.25) is 10.0 Å². The smallest absolute Gasteiger partial charge is 0.184 e. The lowest BCUT2D eigenvalue weighted by Gasteiger charge is -2.10. The molecule has 0 spiro atoms. The predicted molar refractivity (Wildman–Crippen MR) is 62.7 cm³/mol. The molecule has 0 amide bonds. The number of methoxy groups -OCH3 is 1. The van der Waals surface area contributed by atoms with Gasteiger partial charge in [0.2, 0.25) is 0 Å². The standard InChI is InChI=1S/C10H9Cl3O2/c1-5(11)9(14)7-3-6(12)4-8(13)10(7)15-2/h3-5H,1-2H3. The Balaban J connectivity index is 3.32. The summed E-state index contributed by atoms with van der Waals surface area (Å²) >= 11 is 17.4. The Kier molecular flexibility index (Phi) is 4.26. The number of alkyl halides is 1. The molecule has 0 aliphatic heterocycles. The highest BCUT2D eigenvalue weighted by Gasteiger charge is 2.20. The number of rotatable bonds is 3. The molecule has 0 heterocycles. The van der Waals surface area contributed by atoms with E-state index in [1.54, 1.807) is 6.92 Å². The van der Waals surface area contributed by atoms with Gasteiger partial charge in [-0.25, -0.2) is 0 Å². The molecule has 1 atom stereocenters. The van der Waals surface area contributed by atoms with Crippen molar-refractivity contribution in [1.82, 2.24) is 0 Å². The third-order valence-corrected chi connectivity index (χ3v) is 2.54. The van der Waals surface area contributed by atoms with Gasteiger partial charge in [-0.3, -0.25) is 4.79 Å². The third kappa shape index (κ3) is 2.77. The van der Waals surface area contributed by atoms with Crippen molar-refractivity contribution in [3.63, 3.8) is 0 Å². The van der Waals surface area contributed by atoms with E-state index in [-0.39, 0.29) is 5.78 Å². The molecule has 0 N–H and O–H groups in total. The summed E-state index contributed by atoms with van der Waals surface area (Å²) in [7, 11) is 1.44. The zero-order valence-electron chi connectivity index (χ0n) is 8.18. The Morgan fingerprint density at radius 1 is 1.40 bits per heavy atom. The molecule has 0 fully saturated rings. The van der Waals surface area contributed by atoms with Crippen molar-refractivity contribution < 1.29 is 9.53 Å². The number of ketones is 1. The van der Waals surface area contributed by atoms with Crippen LogP contribution in [0.3, 0.4) is 0 Å². The molecule has 1 aromatic carbocycles. The largest absolute Gasteiger partial charge is 0.494 e. The van der Waals surface area contributed by atoms with Crippen LogP contribution in [0.25, 0.3) is 0 Å². The van der Waals surface area contributed by atoms with Gasteiger partial charge in [-0.05, 0) is 19.1 Å². The van der Waals surface area contributed by atoms with Crippen molar-refractivity contribution in [2.45, 2.75) is 12.3 Å². The summed E-state index contributed by atoms with van der Waals surface area (Å²) in [6.07, 6.45) is 0. The number of hydrogen-bond donors (Lipinski definition) is 0. The first-order valence-corrected chi connectivity index (χ1v) is 5.38. The summed E-state index contributed by atoms with van der Waals surface area (Å²) in [4.78, 5) is 11.7. The van der Waals surface area contributed by atoms with Crippen LogP contribution in [0.1, 0.15) is 17.3 Å². The van der Waals surface area contributed by atoms with E-state index in [4.69, 9.17) is 39.5 Å². The van der Waals surface area contributed by atoms with E-state index in [1.165, 1.54) is 19.2 Å². The van der Waals surface area contributed by atoms with Gasteiger partial charge in [0, 0.05) is 5.02 Å². The highest BCUT2D eigenvalue weighted by Crippen LogP contribution is 2.33. The minimum absolute atomic E-state index is 0.266. The number of ether oxygens (including phenoxy) is 1. The molecule has 0 aliphatic carbocycles. The minimum Gasteiger partial charge on any atom is -0.494 e. The van der Waals surface area contributed by atoms with E-state index in [1.807, 2.05) is 0 Å². The molecule has 0 bridgehead atoms. The number of carbonyl (C=O) groups is 1. The lowest BCUT2D eigenvalue weighted by molar-refractivity contribution is 0.0989. The van der Waals surface area contributed by atoms with Crippen molar-refractivity contribution in [1.29, 1.82) is 0 Å². The summed E-state index contributed by atoms with van der Waals surface area (Å²) < 4.78 is 5.03. The zero-order chi connectivity index (χ0) is 11.6. The minimum atomic E-state index is -0.645. The zero-order valence-corrected chi connectivity index (χ0v) is 10.5. The maximum absolute atomic E-state index is 11.7. The highest BCUT2D eigenvalue weighted by molar-refractivity contribution is 6.38. The van der Waals surface area contributed by atoms with Gasteiger partial charge in [-0.1, -0.05) is 23.2 Å². The van der Waals surface area contributed by atoms with Gasteiger partial charge in [-0.2, -0.15) is 0 Å². The Hall–Kier alpha value is -0.440. The fourth-order valence-electron chi connectivity index (χ4n) is 1.17. The summed E-state index contributed by atoms with van der Waals surface area (Å²) in [6.45, 7) is 1.58. The predicted octanol–water partition coefficient (Wildman–Crippen LogP) is 3.81. The molecule has 2 nitrogen and oxygen atoms in total. The fraction of sp³-hybridized carbons (Fsp3) is 0.300. The van der Waals surface area contributed by atoms with Gasteiger partial charge in [0.25, 0.3) is 0 Å². The van der Waals surface area contributed by atoms with E-state index >= 15 is 0 Å². The molecule has 0 aromatic heterocycles. The average molecular weight is 268 g/mol. The molecule has 15 heavy (non-hydrogen) atoms. The van der Waals surface area contributed by atoms with Gasteiger partial charge in [0.1, 0.15) is 5.75 Å². The Morgan fingerprint density at radius 3 is 2.47 bits per heavy atom. The summed E-state index contributed by atoms with van der Waals surface area (Å²) in [5, 5.41) is 0.0283. The lowest BCUT2D eigenvalue weighted by Crippen LogP contribution is -2.12. The Labute approximate surface area is 103 Å². The molecular formula is C10H9Cl3O2. The molecule has 1 rings (SSSR count). The monoisotopic (exact) mass is 266 g/mol. The normalized spacial score (nSPS) is 12.3. The number of hydrogen-bond acceptors (Lipinski definition) is 2. The van der Waals surface area contributed by atoms with Crippen molar-refractivity contribution in [2.24, 2.45) is 0 Å². The first-order chi connectivity index (χ1) is 6.97. The van der Waals surface area contributed by atoms with Crippen LogP contribution in [0.5, 0.6) is 5.75 Å². The van der Waals surface area contributed by atoms with Gasteiger partial charge in [0.15, 0.2) is 5.78 Å². The van der Waals surface area contributed by atoms with Crippen LogP contribution in [0.15, 0.2) is 12.1 Å². The molecule has 5 heteroatoms. The quantitative estimate of drug-likeness (QED) is 0.615. The van der Waals surface area contributed by atoms with E-state index in [2.05, 4.69) is 0 Å². The average Bonchev–Trinajstić information content (AvgIpc) is 2.15. The maximum Gasteiger partial charge on any atom is 0.184 e. The maximum atomic E-state index is 11.7. The molecule has 82 valence electrons. The lowest BCUT2D eigenvalue weighted by atomic mass is 10.1. The first kappa shape index (κ1) is 12.6. The number of Topliss-reactive ketones (excluding diaryl/α,β-unsaturated/α-hetero) is 1. The molecule has 0 aliphatic rings. The van der Waals surface area contributed by atoms with Crippen molar-refractivity contribution in [3.8, 4) is 5.75 Å². The van der Waals surface area contributed by atoms with E-state index in [0.29, 0.717) is 21.4 Å². The van der Waals surface area contributed by atoms with E-state index < -0.39 is 5.38 Å². The van der Waals surface area contributed by atoms with E-state index in [9.17, 15) is 4.79 Å². The second-order valence-electron chi connectivity index (χ2n) is 2.95. The summed E-state index contributed by atoms with van der Waals surface area (Å²) in [5.41, 5.74) is 0.303. The van der Waals surface area contributed by atoms with Crippen molar-refractivity contribution in [2.75, 3.05) is 7.11 Å². The molecular weight excluding hydrogens is 258 g/mol. The van der Waals surface area contributed by atoms with Crippen LogP contribution in [0, 0.1) is 0 Å². The third-order valence-electron chi connectivity index (χ3n) is 1.84. The van der Waals surface area contributed by atoms with Crippen LogP contribution in [0.4, 0.5) is 0 Å². The van der Waals surface area contributed by atoms with Gasteiger partial charge >= 0.3 is 0 Å². The molecule has 0 saturated carbocycles. The van der Waals surface area contributed by atoms with Gasteiger partial charge in [-0.15, -0.1) is 11.6 Å². The van der Waals surface area contributed by atoms with E-state index in [0.717, 1.165) is 0 Å². The first-order valence-electron chi connectivity index (χ1n) is 4.18.